The molecule has 0 aliphatic carbocycles. The molecule has 0 spiro atoms. The molecular weight excluding hydrogens is 504 g/mol. The molecule has 188 valence electrons. The van der Waals surface area contributed by atoms with Gasteiger partial charge in [0.15, 0.2) is 11.6 Å². The van der Waals surface area contributed by atoms with Gasteiger partial charge >= 0.3 is 12.4 Å². The minimum Gasteiger partial charge on any atom is -0.345 e. The Morgan fingerprint density at radius 2 is 1.78 bits per heavy atom. The van der Waals surface area contributed by atoms with E-state index >= 15 is 0 Å². The van der Waals surface area contributed by atoms with Crippen LogP contribution in [0.2, 0.25) is 0 Å². The number of benzene rings is 2. The quantitative estimate of drug-likeness (QED) is 0.339. The largest absolute Gasteiger partial charge is 0.434 e. The molecule has 0 aliphatic heterocycles. The third-order valence-corrected chi connectivity index (χ3v) is 5.78. The van der Waals surface area contributed by atoms with Crippen LogP contribution in [0.5, 0.6) is 0 Å². The Hall–Kier alpha value is -4.64. The fourth-order valence-corrected chi connectivity index (χ4v) is 4.24. The molecule has 3 heterocycles. The highest BCUT2D eigenvalue weighted by molar-refractivity contribution is 6.14. The zero-order valence-electron chi connectivity index (χ0n) is 18.5. The number of nitrogens with one attached hydrogen (secondary N) is 2. The fourth-order valence-electron chi connectivity index (χ4n) is 4.24. The van der Waals surface area contributed by atoms with Gasteiger partial charge in [0.2, 0.25) is 0 Å². The van der Waals surface area contributed by atoms with Gasteiger partial charge in [-0.1, -0.05) is 18.2 Å². The SMILES string of the molecule is Cc1cc(-n2ncc(C(=O)Nc3ccnc(C(F)(F)F)c3)c2C(F)(F)F)c2cccc3c(=C=O)[nH]c1c23. The number of rotatable bonds is 3. The zero-order valence-corrected chi connectivity index (χ0v) is 18.5. The predicted molar refractivity (Wildman–Crippen MR) is 120 cm³/mol. The number of carbonyl (C=O) groups excluding carboxylic acids is 2. The number of alkyl halides is 6. The number of hydrogen-bond acceptors (Lipinski definition) is 4. The van der Waals surface area contributed by atoms with E-state index in [9.17, 15) is 35.9 Å². The first-order valence-corrected chi connectivity index (χ1v) is 10.5. The van der Waals surface area contributed by atoms with Crippen LogP contribution in [0.25, 0.3) is 27.4 Å². The van der Waals surface area contributed by atoms with E-state index in [2.05, 4.69) is 15.1 Å². The number of aromatic nitrogens is 4. The molecule has 3 aromatic heterocycles. The number of halogens is 6. The molecule has 0 radical (unpaired) electrons. The van der Waals surface area contributed by atoms with Crippen molar-refractivity contribution in [2.75, 3.05) is 5.32 Å². The number of H-pyrrole nitrogens is 1. The van der Waals surface area contributed by atoms with Crippen LogP contribution in [0.4, 0.5) is 32.0 Å². The second-order valence-electron chi connectivity index (χ2n) is 8.12. The number of nitrogens with zero attached hydrogens (tertiary/aromatic N) is 3. The second kappa shape index (κ2) is 8.20. The van der Waals surface area contributed by atoms with Gasteiger partial charge in [0.25, 0.3) is 5.91 Å². The lowest BCUT2D eigenvalue weighted by atomic mass is 10.0. The van der Waals surface area contributed by atoms with Gasteiger partial charge in [-0.3, -0.25) is 9.78 Å². The van der Waals surface area contributed by atoms with E-state index in [-0.39, 0.29) is 11.0 Å². The number of carbonyl (C=O) groups is 1. The summed E-state index contributed by atoms with van der Waals surface area (Å²) in [4.78, 5) is 30.2. The van der Waals surface area contributed by atoms with Crippen LogP contribution in [-0.2, 0) is 17.1 Å². The summed E-state index contributed by atoms with van der Waals surface area (Å²) in [5.41, 5.74) is -3.01. The van der Waals surface area contributed by atoms with E-state index in [1.54, 1.807) is 31.1 Å². The van der Waals surface area contributed by atoms with Crippen molar-refractivity contribution in [2.45, 2.75) is 19.3 Å². The topological polar surface area (TPSA) is 92.7 Å². The van der Waals surface area contributed by atoms with E-state index < -0.39 is 40.9 Å². The molecule has 5 rings (SSSR count). The summed E-state index contributed by atoms with van der Waals surface area (Å²) in [7, 11) is 0. The van der Waals surface area contributed by atoms with Gasteiger partial charge in [-0.25, -0.2) is 9.48 Å². The van der Waals surface area contributed by atoms with Crippen molar-refractivity contribution < 1.29 is 35.9 Å². The molecule has 13 heteroatoms. The standard InChI is InChI=1S/C24H13F6N5O2/c1-11-7-17(14-4-2-3-13-16(10-36)34-20(11)19(13)14)35-21(24(28,29)30)15(9-32-35)22(37)33-12-5-6-31-18(8-12)23(25,26)27/h2-9,34H,1H3,(H,31,33,37). The van der Waals surface area contributed by atoms with E-state index in [4.69, 9.17) is 0 Å². The lowest BCUT2D eigenvalue weighted by Gasteiger charge is -2.15. The van der Waals surface area contributed by atoms with Crippen LogP contribution in [0.15, 0.2) is 48.8 Å². The summed E-state index contributed by atoms with van der Waals surface area (Å²) < 4.78 is 82.2. The van der Waals surface area contributed by atoms with Crippen molar-refractivity contribution in [3.8, 4) is 5.69 Å². The average Bonchev–Trinajstić information content (AvgIpc) is 3.44. The summed E-state index contributed by atoms with van der Waals surface area (Å²) >= 11 is 0. The molecule has 0 saturated heterocycles. The Morgan fingerprint density at radius 1 is 1.05 bits per heavy atom. The van der Waals surface area contributed by atoms with Gasteiger partial charge < -0.3 is 10.3 Å². The van der Waals surface area contributed by atoms with Crippen LogP contribution in [0, 0.1) is 6.92 Å². The van der Waals surface area contributed by atoms with Crippen molar-refractivity contribution in [1.82, 2.24) is 19.7 Å². The maximum absolute atomic E-state index is 14.3. The molecule has 37 heavy (non-hydrogen) atoms. The van der Waals surface area contributed by atoms with Crippen molar-refractivity contribution in [1.29, 1.82) is 0 Å². The highest BCUT2D eigenvalue weighted by Gasteiger charge is 2.41. The minimum absolute atomic E-state index is 0.0123. The Bertz CT molecular complexity index is 1780. The maximum atomic E-state index is 14.3. The Kier molecular flexibility index (Phi) is 5.34. The second-order valence-corrected chi connectivity index (χ2v) is 8.12. The van der Waals surface area contributed by atoms with Crippen LogP contribution < -0.4 is 10.7 Å². The highest BCUT2D eigenvalue weighted by atomic mass is 19.4. The van der Waals surface area contributed by atoms with Gasteiger partial charge in [0.1, 0.15) is 11.0 Å². The van der Waals surface area contributed by atoms with Gasteiger partial charge in [-0.15, -0.1) is 0 Å². The number of hydrogen-bond donors (Lipinski definition) is 2. The molecule has 0 aliphatic rings. The number of pyridine rings is 1. The molecular formula is C24H13F6N5O2. The van der Waals surface area contributed by atoms with Gasteiger partial charge in [-0.05, 0) is 30.7 Å². The minimum atomic E-state index is -5.07. The number of aryl methyl sites for hydroxylation is 1. The third kappa shape index (κ3) is 3.99. The number of anilines is 1. The number of amides is 1. The molecule has 5 aromatic rings. The first-order chi connectivity index (χ1) is 17.4. The van der Waals surface area contributed by atoms with Crippen molar-refractivity contribution in [3.63, 3.8) is 0 Å². The monoisotopic (exact) mass is 517 g/mol. The zero-order chi connectivity index (χ0) is 26.7. The molecule has 7 nitrogen and oxygen atoms in total. The average molecular weight is 517 g/mol. The van der Waals surface area contributed by atoms with E-state index in [1.807, 2.05) is 5.32 Å². The summed E-state index contributed by atoms with van der Waals surface area (Å²) in [6, 6.07) is 7.66. The van der Waals surface area contributed by atoms with Gasteiger partial charge in [-0.2, -0.15) is 31.4 Å². The summed E-state index contributed by atoms with van der Waals surface area (Å²) in [5, 5.41) is 7.26. The molecule has 0 saturated carbocycles. The van der Waals surface area contributed by atoms with E-state index in [0.717, 1.165) is 12.3 Å². The lowest BCUT2D eigenvalue weighted by Crippen LogP contribution is -2.21. The van der Waals surface area contributed by atoms with Crippen molar-refractivity contribution in [2.24, 2.45) is 0 Å². The number of aromatic amines is 1. The molecule has 2 aromatic carbocycles. The van der Waals surface area contributed by atoms with E-state index in [0.29, 0.717) is 44.2 Å². The van der Waals surface area contributed by atoms with Crippen LogP contribution in [0.1, 0.15) is 27.3 Å². The Morgan fingerprint density at radius 3 is 2.46 bits per heavy atom. The molecule has 1 amide bonds. The van der Waals surface area contributed by atoms with E-state index in [1.165, 1.54) is 6.07 Å². The van der Waals surface area contributed by atoms with Crippen LogP contribution in [-0.4, -0.2) is 31.6 Å². The van der Waals surface area contributed by atoms with Gasteiger partial charge in [0.05, 0.1) is 23.0 Å². The smallest absolute Gasteiger partial charge is 0.345 e. The van der Waals surface area contributed by atoms with Crippen molar-refractivity contribution >= 4 is 39.2 Å². The predicted octanol–water partition coefficient (Wildman–Crippen LogP) is 4.72. The molecule has 0 atom stereocenters. The normalized spacial score (nSPS) is 12.3. The summed E-state index contributed by atoms with van der Waals surface area (Å²) in [5.74, 6) is 0.462. The Labute approximate surface area is 202 Å². The third-order valence-electron chi connectivity index (χ3n) is 5.78. The first kappa shape index (κ1) is 24.1. The summed E-state index contributed by atoms with van der Waals surface area (Å²) in [6.07, 6.45) is -8.42. The van der Waals surface area contributed by atoms with Crippen molar-refractivity contribution in [3.05, 3.63) is 76.7 Å². The summed E-state index contributed by atoms with van der Waals surface area (Å²) in [6.45, 7) is 1.63. The van der Waals surface area contributed by atoms with Crippen LogP contribution in [0.3, 0.4) is 0 Å². The van der Waals surface area contributed by atoms with Crippen LogP contribution >= 0.6 is 0 Å². The maximum Gasteiger partial charge on any atom is 0.434 e. The fraction of sp³-hybridized carbons (Fsp3) is 0.125. The lowest BCUT2D eigenvalue weighted by molar-refractivity contribution is -0.143. The molecule has 0 unspecified atom stereocenters. The van der Waals surface area contributed by atoms with Gasteiger partial charge in [0, 0.05) is 28.0 Å². The first-order valence-electron chi connectivity index (χ1n) is 10.5. The Balaban J connectivity index is 1.67. The molecule has 2 N–H and O–H groups in total. The molecule has 0 fully saturated rings. The molecule has 0 bridgehead atoms. The highest BCUT2D eigenvalue weighted by Crippen LogP contribution is 2.38.